The Hall–Kier alpha value is -1.47. The van der Waals surface area contributed by atoms with E-state index in [-0.39, 0.29) is 30.0 Å². The predicted octanol–water partition coefficient (Wildman–Crippen LogP) is 2.95. The number of rotatable bonds is 4. The van der Waals surface area contributed by atoms with Crippen molar-refractivity contribution in [3.63, 3.8) is 0 Å². The van der Waals surface area contributed by atoms with Gasteiger partial charge >= 0.3 is 6.36 Å². The first-order chi connectivity index (χ1) is 9.42. The molecule has 1 heterocycles. The van der Waals surface area contributed by atoms with Crippen LogP contribution in [0.25, 0.3) is 0 Å². The van der Waals surface area contributed by atoms with E-state index in [1.807, 2.05) is 0 Å². The molecule has 2 rings (SSSR count). The highest BCUT2D eigenvalue weighted by Crippen LogP contribution is 2.25. The number of carbonyl (C=O) groups excluding carboxylic acids is 1. The lowest BCUT2D eigenvalue weighted by molar-refractivity contribution is -0.274. The Labute approximate surface area is 126 Å². The number of alkyl halides is 3. The SMILES string of the molecule is Cl.O=C(CC1CCNC1)Nc1cccc(OC(F)(F)F)c1. The minimum atomic E-state index is -4.74. The number of benzene rings is 1. The molecule has 1 aliphatic rings. The fraction of sp³-hybridized carbons (Fsp3) is 0.462. The van der Waals surface area contributed by atoms with Crippen molar-refractivity contribution in [1.29, 1.82) is 0 Å². The highest BCUT2D eigenvalue weighted by Gasteiger charge is 2.31. The van der Waals surface area contributed by atoms with E-state index in [9.17, 15) is 18.0 Å². The van der Waals surface area contributed by atoms with Crippen molar-refractivity contribution in [3.05, 3.63) is 24.3 Å². The third-order valence-corrected chi connectivity index (χ3v) is 2.99. The van der Waals surface area contributed by atoms with Gasteiger partial charge in [-0.3, -0.25) is 4.79 Å². The Morgan fingerprint density at radius 1 is 1.43 bits per heavy atom. The Morgan fingerprint density at radius 2 is 2.19 bits per heavy atom. The van der Waals surface area contributed by atoms with Gasteiger partial charge in [0, 0.05) is 18.2 Å². The van der Waals surface area contributed by atoms with Gasteiger partial charge in [-0.2, -0.15) is 0 Å². The summed E-state index contributed by atoms with van der Waals surface area (Å²) in [5.41, 5.74) is 0.294. The predicted molar refractivity (Wildman–Crippen MR) is 74.6 cm³/mol. The molecule has 1 amide bonds. The van der Waals surface area contributed by atoms with Gasteiger partial charge in [0.1, 0.15) is 5.75 Å². The largest absolute Gasteiger partial charge is 0.573 e. The van der Waals surface area contributed by atoms with Crippen LogP contribution in [0.4, 0.5) is 18.9 Å². The molecule has 1 aromatic rings. The number of hydrogen-bond acceptors (Lipinski definition) is 3. The average molecular weight is 325 g/mol. The van der Waals surface area contributed by atoms with Gasteiger partial charge in [-0.1, -0.05) is 6.07 Å². The van der Waals surface area contributed by atoms with Crippen LogP contribution in [0.1, 0.15) is 12.8 Å². The van der Waals surface area contributed by atoms with Crippen molar-refractivity contribution < 1.29 is 22.7 Å². The van der Waals surface area contributed by atoms with Crippen LogP contribution >= 0.6 is 12.4 Å². The molecule has 0 saturated carbocycles. The molecule has 1 unspecified atom stereocenters. The Kier molecular flexibility index (Phi) is 6.29. The summed E-state index contributed by atoms with van der Waals surface area (Å²) in [6.45, 7) is 1.69. The van der Waals surface area contributed by atoms with Crippen molar-refractivity contribution in [3.8, 4) is 5.75 Å². The molecular formula is C13H16ClF3N2O2. The molecule has 1 aliphatic heterocycles. The molecule has 4 nitrogen and oxygen atoms in total. The third-order valence-electron chi connectivity index (χ3n) is 2.99. The Morgan fingerprint density at radius 3 is 2.81 bits per heavy atom. The maximum absolute atomic E-state index is 12.1. The van der Waals surface area contributed by atoms with Crippen LogP contribution in [0.15, 0.2) is 24.3 Å². The molecular weight excluding hydrogens is 309 g/mol. The van der Waals surface area contributed by atoms with Crippen molar-refractivity contribution in [1.82, 2.24) is 5.32 Å². The summed E-state index contributed by atoms with van der Waals surface area (Å²) in [7, 11) is 0. The number of hydrogen-bond donors (Lipinski definition) is 2. The van der Waals surface area contributed by atoms with Gasteiger partial charge in [-0.15, -0.1) is 25.6 Å². The maximum Gasteiger partial charge on any atom is 0.573 e. The molecule has 0 radical (unpaired) electrons. The topological polar surface area (TPSA) is 50.4 Å². The van der Waals surface area contributed by atoms with E-state index >= 15 is 0 Å². The van der Waals surface area contributed by atoms with Crippen LogP contribution in [0, 0.1) is 5.92 Å². The van der Waals surface area contributed by atoms with Crippen LogP contribution in [-0.2, 0) is 4.79 Å². The summed E-state index contributed by atoms with van der Waals surface area (Å²) in [6.07, 6.45) is -3.44. The summed E-state index contributed by atoms with van der Waals surface area (Å²) >= 11 is 0. The molecule has 0 aliphatic carbocycles. The molecule has 0 spiro atoms. The van der Waals surface area contributed by atoms with Crippen molar-refractivity contribution in [2.75, 3.05) is 18.4 Å². The maximum atomic E-state index is 12.1. The smallest absolute Gasteiger partial charge is 0.406 e. The second-order valence-electron chi connectivity index (χ2n) is 4.69. The summed E-state index contributed by atoms with van der Waals surface area (Å²) in [5.74, 6) is -0.273. The quantitative estimate of drug-likeness (QED) is 0.895. The Bertz CT molecular complexity index is 477. The lowest BCUT2D eigenvalue weighted by Gasteiger charge is -2.12. The van der Waals surface area contributed by atoms with E-state index in [1.165, 1.54) is 18.2 Å². The fourth-order valence-electron chi connectivity index (χ4n) is 2.13. The van der Waals surface area contributed by atoms with Gasteiger partial charge in [-0.25, -0.2) is 0 Å². The first-order valence-electron chi connectivity index (χ1n) is 6.29. The molecule has 21 heavy (non-hydrogen) atoms. The first-order valence-corrected chi connectivity index (χ1v) is 6.29. The van der Waals surface area contributed by atoms with Crippen molar-refractivity contribution in [2.45, 2.75) is 19.2 Å². The van der Waals surface area contributed by atoms with Gasteiger partial charge in [0.15, 0.2) is 0 Å². The van der Waals surface area contributed by atoms with Crippen molar-refractivity contribution >= 4 is 24.0 Å². The number of halogens is 4. The minimum absolute atomic E-state index is 0. The summed E-state index contributed by atoms with van der Waals surface area (Å²) < 4.78 is 40.1. The molecule has 8 heteroatoms. The van der Waals surface area contributed by atoms with Crippen molar-refractivity contribution in [2.24, 2.45) is 5.92 Å². The van der Waals surface area contributed by atoms with Crippen LogP contribution < -0.4 is 15.4 Å². The van der Waals surface area contributed by atoms with E-state index < -0.39 is 6.36 Å². The minimum Gasteiger partial charge on any atom is -0.406 e. The zero-order valence-electron chi connectivity index (χ0n) is 11.1. The molecule has 1 aromatic carbocycles. The molecule has 1 fully saturated rings. The van der Waals surface area contributed by atoms with Gasteiger partial charge in [0.25, 0.3) is 0 Å². The standard InChI is InChI=1S/C13H15F3N2O2.ClH/c14-13(15,16)20-11-3-1-2-10(7-11)18-12(19)6-9-4-5-17-8-9;/h1-3,7,9,17H,4-6,8H2,(H,18,19);1H. The van der Waals surface area contributed by atoms with E-state index in [2.05, 4.69) is 15.4 Å². The number of carbonyl (C=O) groups is 1. The summed E-state index contributed by atoms with van der Waals surface area (Å²) in [5, 5.41) is 5.73. The molecule has 0 aromatic heterocycles. The third kappa shape index (κ3) is 6.22. The van der Waals surface area contributed by atoms with Crippen LogP contribution in [-0.4, -0.2) is 25.4 Å². The van der Waals surface area contributed by atoms with Gasteiger partial charge in [0.2, 0.25) is 5.91 Å². The van der Waals surface area contributed by atoms with E-state index in [0.717, 1.165) is 25.6 Å². The summed E-state index contributed by atoms with van der Waals surface area (Å²) in [4.78, 5) is 11.8. The average Bonchev–Trinajstić information content (AvgIpc) is 2.79. The normalized spacial score (nSPS) is 18.0. The van der Waals surface area contributed by atoms with E-state index in [4.69, 9.17) is 0 Å². The monoisotopic (exact) mass is 324 g/mol. The number of anilines is 1. The molecule has 1 atom stereocenters. The number of ether oxygens (including phenoxy) is 1. The molecule has 0 bridgehead atoms. The molecule has 2 N–H and O–H groups in total. The fourth-order valence-corrected chi connectivity index (χ4v) is 2.13. The van der Waals surface area contributed by atoms with Gasteiger partial charge in [-0.05, 0) is 37.6 Å². The molecule has 118 valence electrons. The Balaban J connectivity index is 0.00000220. The van der Waals surface area contributed by atoms with Crippen LogP contribution in [0.5, 0.6) is 5.75 Å². The van der Waals surface area contributed by atoms with E-state index in [0.29, 0.717) is 12.1 Å². The summed E-state index contributed by atoms with van der Waals surface area (Å²) in [6, 6.07) is 5.25. The van der Waals surface area contributed by atoms with E-state index in [1.54, 1.807) is 0 Å². The highest BCUT2D eigenvalue weighted by molar-refractivity contribution is 5.91. The van der Waals surface area contributed by atoms with Crippen LogP contribution in [0.3, 0.4) is 0 Å². The zero-order chi connectivity index (χ0) is 14.6. The zero-order valence-corrected chi connectivity index (χ0v) is 11.9. The second-order valence-corrected chi connectivity index (χ2v) is 4.69. The number of nitrogens with one attached hydrogen (secondary N) is 2. The first kappa shape index (κ1) is 17.6. The molecule has 1 saturated heterocycles. The van der Waals surface area contributed by atoms with Crippen LogP contribution in [0.2, 0.25) is 0 Å². The van der Waals surface area contributed by atoms with Gasteiger partial charge < -0.3 is 15.4 Å². The second kappa shape index (κ2) is 7.51. The van der Waals surface area contributed by atoms with Gasteiger partial charge in [0.05, 0.1) is 0 Å². The lowest BCUT2D eigenvalue weighted by Crippen LogP contribution is -2.19. The lowest BCUT2D eigenvalue weighted by atomic mass is 10.0. The highest BCUT2D eigenvalue weighted by atomic mass is 35.5. The number of amides is 1.